The Hall–Kier alpha value is -1.02. The van der Waals surface area contributed by atoms with Crippen LogP contribution in [0.4, 0.5) is 0 Å². The van der Waals surface area contributed by atoms with E-state index in [0.29, 0.717) is 5.56 Å². The number of carbonyl (C=O) groups excluding carboxylic acids is 1. The number of hydrogen-bond acceptors (Lipinski definition) is 2. The quantitative estimate of drug-likeness (QED) is 0.671. The van der Waals surface area contributed by atoms with E-state index >= 15 is 0 Å². The Morgan fingerprint density at radius 3 is 2.25 bits per heavy atom. The fourth-order valence-electron chi connectivity index (χ4n) is 1.18. The molecule has 3 heteroatoms. The minimum absolute atomic E-state index is 0.493. The van der Waals surface area contributed by atoms with E-state index in [1.807, 2.05) is 32.0 Å². The van der Waals surface area contributed by atoms with Crippen LogP contribution in [0.5, 0.6) is 0 Å². The SMILES string of the molecule is Cc1cccc(C)c1C(=O)OCl. The van der Waals surface area contributed by atoms with Crippen molar-refractivity contribution in [3.05, 3.63) is 34.9 Å². The van der Waals surface area contributed by atoms with Gasteiger partial charge in [0, 0.05) is 0 Å². The number of carbonyl (C=O) groups is 1. The van der Waals surface area contributed by atoms with Crippen LogP contribution in [-0.4, -0.2) is 5.97 Å². The van der Waals surface area contributed by atoms with E-state index < -0.39 is 5.97 Å². The largest absolute Gasteiger partial charge is 0.356 e. The summed E-state index contributed by atoms with van der Waals surface area (Å²) in [5.41, 5.74) is 2.30. The van der Waals surface area contributed by atoms with Crippen molar-refractivity contribution in [1.82, 2.24) is 0 Å². The Morgan fingerprint density at radius 2 is 1.83 bits per heavy atom. The summed E-state index contributed by atoms with van der Waals surface area (Å²) in [5.74, 6) is -0.493. The van der Waals surface area contributed by atoms with Gasteiger partial charge in [0.2, 0.25) is 0 Å². The Labute approximate surface area is 76.3 Å². The van der Waals surface area contributed by atoms with Gasteiger partial charge >= 0.3 is 5.97 Å². The van der Waals surface area contributed by atoms with E-state index in [2.05, 4.69) is 4.29 Å². The first-order valence-electron chi connectivity index (χ1n) is 3.56. The molecule has 0 aliphatic carbocycles. The Kier molecular flexibility index (Phi) is 2.71. The van der Waals surface area contributed by atoms with Crippen molar-refractivity contribution in [1.29, 1.82) is 0 Å². The molecule has 0 heterocycles. The average molecular weight is 185 g/mol. The second kappa shape index (κ2) is 3.59. The molecule has 0 atom stereocenters. The van der Waals surface area contributed by atoms with Crippen molar-refractivity contribution < 1.29 is 9.08 Å². The van der Waals surface area contributed by atoms with Gasteiger partial charge < -0.3 is 4.29 Å². The molecular weight excluding hydrogens is 176 g/mol. The molecule has 1 aromatic carbocycles. The van der Waals surface area contributed by atoms with Crippen LogP contribution < -0.4 is 0 Å². The van der Waals surface area contributed by atoms with Crippen molar-refractivity contribution in [3.63, 3.8) is 0 Å². The summed E-state index contributed by atoms with van der Waals surface area (Å²) in [6.45, 7) is 3.69. The second-order valence-electron chi connectivity index (χ2n) is 2.63. The van der Waals surface area contributed by atoms with Gasteiger partial charge in [-0.3, -0.25) is 0 Å². The van der Waals surface area contributed by atoms with Crippen LogP contribution in [0.3, 0.4) is 0 Å². The zero-order valence-electron chi connectivity index (χ0n) is 6.93. The average Bonchev–Trinajstić information content (AvgIpc) is 2.03. The summed E-state index contributed by atoms with van der Waals surface area (Å²) in [4.78, 5) is 11.1. The smallest absolute Gasteiger partial charge is 0.343 e. The summed E-state index contributed by atoms with van der Waals surface area (Å²) in [7, 11) is 0. The first kappa shape index (κ1) is 9.07. The zero-order valence-corrected chi connectivity index (χ0v) is 7.68. The van der Waals surface area contributed by atoms with Gasteiger partial charge in [-0.05, 0) is 25.0 Å². The number of halogens is 1. The molecule has 64 valence electrons. The highest BCUT2D eigenvalue weighted by atomic mass is 35.5. The van der Waals surface area contributed by atoms with Crippen LogP contribution in [0, 0.1) is 13.8 Å². The van der Waals surface area contributed by atoms with E-state index in [-0.39, 0.29) is 0 Å². The van der Waals surface area contributed by atoms with Crippen LogP contribution in [0.25, 0.3) is 0 Å². The monoisotopic (exact) mass is 184 g/mol. The van der Waals surface area contributed by atoms with Crippen LogP contribution in [0.1, 0.15) is 21.5 Å². The summed E-state index contributed by atoms with van der Waals surface area (Å²) in [6.07, 6.45) is 0. The van der Waals surface area contributed by atoms with Gasteiger partial charge in [-0.25, -0.2) is 4.79 Å². The lowest BCUT2D eigenvalue weighted by atomic mass is 10.0. The van der Waals surface area contributed by atoms with Crippen LogP contribution >= 0.6 is 11.9 Å². The molecule has 0 fully saturated rings. The first-order valence-corrected chi connectivity index (χ1v) is 3.87. The molecule has 0 aliphatic rings. The number of aryl methyl sites for hydroxylation is 2. The van der Waals surface area contributed by atoms with Gasteiger partial charge in [-0.15, -0.1) is 0 Å². The Bertz CT molecular complexity index is 287. The molecule has 0 radical (unpaired) electrons. The van der Waals surface area contributed by atoms with Crippen molar-refractivity contribution in [2.75, 3.05) is 0 Å². The third kappa shape index (κ3) is 1.59. The van der Waals surface area contributed by atoms with Gasteiger partial charge in [0.05, 0.1) is 5.56 Å². The van der Waals surface area contributed by atoms with E-state index in [9.17, 15) is 4.79 Å². The van der Waals surface area contributed by atoms with Gasteiger partial charge in [0.1, 0.15) is 11.9 Å². The molecule has 0 aliphatic heterocycles. The van der Waals surface area contributed by atoms with Gasteiger partial charge in [-0.1, -0.05) is 18.2 Å². The standard InChI is InChI=1S/C9H9ClO2/c1-6-4-3-5-7(2)8(6)9(11)12-10/h3-5H,1-2H3. The Morgan fingerprint density at radius 1 is 1.33 bits per heavy atom. The fourth-order valence-corrected chi connectivity index (χ4v) is 1.25. The third-order valence-corrected chi connectivity index (χ3v) is 1.90. The summed E-state index contributed by atoms with van der Waals surface area (Å²) < 4.78 is 4.13. The maximum atomic E-state index is 11.1. The second-order valence-corrected chi connectivity index (χ2v) is 2.79. The van der Waals surface area contributed by atoms with Gasteiger partial charge in [-0.2, -0.15) is 0 Å². The predicted molar refractivity (Wildman–Crippen MR) is 47.2 cm³/mol. The molecule has 0 unspecified atom stereocenters. The summed E-state index contributed by atoms with van der Waals surface area (Å²) in [6, 6.07) is 5.57. The molecule has 1 rings (SSSR count). The van der Waals surface area contributed by atoms with Crippen molar-refractivity contribution in [2.24, 2.45) is 0 Å². The predicted octanol–water partition coefficient (Wildman–Crippen LogP) is 2.61. The van der Waals surface area contributed by atoms with Crippen molar-refractivity contribution in [3.8, 4) is 0 Å². The van der Waals surface area contributed by atoms with Gasteiger partial charge in [0.15, 0.2) is 0 Å². The molecule has 1 aromatic rings. The topological polar surface area (TPSA) is 26.3 Å². The van der Waals surface area contributed by atoms with Gasteiger partial charge in [0.25, 0.3) is 0 Å². The number of hydrogen-bond donors (Lipinski definition) is 0. The van der Waals surface area contributed by atoms with Crippen LogP contribution in [-0.2, 0) is 4.29 Å². The van der Waals surface area contributed by atoms with E-state index in [1.165, 1.54) is 0 Å². The number of benzene rings is 1. The first-order chi connectivity index (χ1) is 5.66. The van der Waals surface area contributed by atoms with Crippen molar-refractivity contribution >= 4 is 17.8 Å². The zero-order chi connectivity index (χ0) is 9.14. The molecule has 0 bridgehead atoms. The maximum absolute atomic E-state index is 11.1. The highest BCUT2D eigenvalue weighted by Gasteiger charge is 2.11. The lowest BCUT2D eigenvalue weighted by Crippen LogP contribution is -2.03. The molecule has 2 nitrogen and oxygen atoms in total. The van der Waals surface area contributed by atoms with E-state index in [4.69, 9.17) is 11.9 Å². The van der Waals surface area contributed by atoms with E-state index in [1.54, 1.807) is 0 Å². The molecule has 0 aromatic heterocycles. The third-order valence-electron chi connectivity index (χ3n) is 1.76. The summed E-state index contributed by atoms with van der Waals surface area (Å²) in [5, 5.41) is 0. The maximum Gasteiger partial charge on any atom is 0.356 e. The lowest BCUT2D eigenvalue weighted by Gasteiger charge is -2.04. The summed E-state index contributed by atoms with van der Waals surface area (Å²) >= 11 is 4.98. The minimum atomic E-state index is -0.493. The molecular formula is C9H9ClO2. The molecule has 0 amide bonds. The fraction of sp³-hybridized carbons (Fsp3) is 0.222. The van der Waals surface area contributed by atoms with Crippen LogP contribution in [0.2, 0.25) is 0 Å². The molecule has 0 saturated heterocycles. The molecule has 0 N–H and O–H groups in total. The van der Waals surface area contributed by atoms with Crippen molar-refractivity contribution in [2.45, 2.75) is 13.8 Å². The molecule has 0 saturated carbocycles. The number of rotatable bonds is 1. The Balaban J connectivity index is 3.21. The highest BCUT2D eigenvalue weighted by Crippen LogP contribution is 2.14. The highest BCUT2D eigenvalue weighted by molar-refractivity contribution is 6.16. The van der Waals surface area contributed by atoms with E-state index in [0.717, 1.165) is 11.1 Å². The lowest BCUT2D eigenvalue weighted by molar-refractivity contribution is 0.0750. The molecule has 12 heavy (non-hydrogen) atoms. The van der Waals surface area contributed by atoms with Crippen LogP contribution in [0.15, 0.2) is 18.2 Å². The minimum Gasteiger partial charge on any atom is -0.343 e. The molecule has 0 spiro atoms. The normalized spacial score (nSPS) is 9.58.